The molecule has 0 aliphatic heterocycles. The van der Waals surface area contributed by atoms with Crippen molar-refractivity contribution in [3.8, 4) is 0 Å². The molecule has 0 atom stereocenters. The average molecular weight is 450 g/mol. The number of rotatable bonds is 4. The van der Waals surface area contributed by atoms with Crippen LogP contribution in [0.4, 0.5) is 0 Å². The van der Waals surface area contributed by atoms with E-state index in [1.807, 2.05) is 0 Å². The summed E-state index contributed by atoms with van der Waals surface area (Å²) >= 11 is -19.4. The van der Waals surface area contributed by atoms with Crippen LogP contribution in [0, 0.1) is 0 Å². The molecule has 0 heterocycles. The Morgan fingerprint density at radius 2 is 0.923 bits per heavy atom. The van der Waals surface area contributed by atoms with Crippen molar-refractivity contribution in [2.45, 2.75) is 0 Å². The first-order valence-electron chi connectivity index (χ1n) is 2.03. The molecule has 0 unspecified atom stereocenters. The van der Waals surface area contributed by atoms with Crippen molar-refractivity contribution < 1.29 is 82.2 Å². The molecule has 0 bridgehead atoms. The zero-order valence-corrected chi connectivity index (χ0v) is 11.4. The van der Waals surface area contributed by atoms with Crippen LogP contribution in [-0.2, 0) is 74.7 Å². The molecule has 2 N–H and O–H groups in total. The zero-order chi connectivity index (χ0) is 10.9. The molecule has 0 aromatic carbocycles. The normalized spacial score (nSPS) is 14.3. The van der Waals surface area contributed by atoms with Crippen LogP contribution in [0.1, 0.15) is 0 Å². The van der Waals surface area contributed by atoms with Crippen molar-refractivity contribution in [3.05, 3.63) is 0 Å². The standard InChI is InChI=1S/3Mo.2H2O.8O/h;;;2*1H2;;;;;;;;/q;2*+1;;;;;;;;;;/p-2. The van der Waals surface area contributed by atoms with Crippen LogP contribution in [0.3, 0.4) is 0 Å². The van der Waals surface area contributed by atoms with Gasteiger partial charge < -0.3 is 0 Å². The fourth-order valence-electron chi connectivity index (χ4n) is 0.222. The van der Waals surface area contributed by atoms with Gasteiger partial charge in [-0.15, -0.1) is 0 Å². The molecule has 13 heteroatoms. The van der Waals surface area contributed by atoms with Crippen LogP contribution in [-0.4, -0.2) is 7.52 Å². The van der Waals surface area contributed by atoms with Crippen LogP contribution in [0.25, 0.3) is 0 Å². The van der Waals surface area contributed by atoms with Gasteiger partial charge in [-0.1, -0.05) is 0 Å². The van der Waals surface area contributed by atoms with Crippen molar-refractivity contribution in [2.24, 2.45) is 0 Å². The van der Waals surface area contributed by atoms with Gasteiger partial charge in [-0.3, -0.25) is 0 Å². The van der Waals surface area contributed by atoms with Gasteiger partial charge in [0.05, 0.1) is 0 Å². The predicted molar refractivity (Wildman–Crippen MR) is 10.7 cm³/mol. The Bertz CT molecular complexity index is 414. The number of hydrogen-bond acceptors (Lipinski definition) is 8. The van der Waals surface area contributed by atoms with Gasteiger partial charge in [0.15, 0.2) is 0 Å². The van der Waals surface area contributed by atoms with Gasteiger partial charge in [0.2, 0.25) is 0 Å². The van der Waals surface area contributed by atoms with Crippen molar-refractivity contribution in [2.75, 3.05) is 0 Å². The van der Waals surface area contributed by atoms with Gasteiger partial charge in [0.25, 0.3) is 0 Å². The Hall–Kier alpha value is 0.705. The summed E-state index contributed by atoms with van der Waals surface area (Å²) in [6.07, 6.45) is 0. The first-order valence-corrected chi connectivity index (χ1v) is 12.0. The van der Waals surface area contributed by atoms with Gasteiger partial charge in [-0.2, -0.15) is 0 Å². The van der Waals surface area contributed by atoms with Gasteiger partial charge in [-0.05, 0) is 0 Å². The molecular weight excluding hydrogens is 448 g/mol. The molecule has 80 valence electrons. The van der Waals surface area contributed by atoms with E-state index >= 15 is 0 Å². The van der Waals surface area contributed by atoms with Gasteiger partial charge in [0, 0.05) is 0 Å². The van der Waals surface area contributed by atoms with Crippen LogP contribution < -0.4 is 0 Å². The maximum absolute atomic E-state index is 10.3. The zero-order valence-electron chi connectivity index (χ0n) is 5.39. The summed E-state index contributed by atoms with van der Waals surface area (Å²) in [5.74, 6) is 0. The second-order valence-electron chi connectivity index (χ2n) is 1.40. The first kappa shape index (κ1) is 13.7. The summed E-state index contributed by atoms with van der Waals surface area (Å²) < 4.78 is 81.9. The van der Waals surface area contributed by atoms with Crippen molar-refractivity contribution in [1.29, 1.82) is 0 Å². The second-order valence-corrected chi connectivity index (χ2v) is 12.2. The van der Waals surface area contributed by atoms with Gasteiger partial charge >= 0.3 is 82.2 Å². The molecule has 0 radical (unpaired) electrons. The summed E-state index contributed by atoms with van der Waals surface area (Å²) in [6, 6.07) is 0. The third kappa shape index (κ3) is 9.02. The summed E-state index contributed by atoms with van der Waals surface area (Å²) in [4.78, 5) is 0. The molecule has 0 aromatic heterocycles. The van der Waals surface area contributed by atoms with E-state index in [0.717, 1.165) is 0 Å². The first-order chi connectivity index (χ1) is 5.41. The van der Waals surface area contributed by atoms with Crippen molar-refractivity contribution >= 4 is 0 Å². The van der Waals surface area contributed by atoms with E-state index in [1.165, 1.54) is 0 Å². The Morgan fingerprint density at radius 1 is 0.692 bits per heavy atom. The van der Waals surface area contributed by atoms with E-state index < -0.39 is 50.2 Å². The fourth-order valence-corrected chi connectivity index (χ4v) is 9.72. The van der Waals surface area contributed by atoms with Crippen molar-refractivity contribution in [3.63, 3.8) is 0 Å². The topological polar surface area (TPSA) is 161 Å². The quantitative estimate of drug-likeness (QED) is 0.460. The Morgan fingerprint density at radius 3 is 1.08 bits per heavy atom. The SMILES string of the molecule is [O]=[Mo](=[O])([OH])[O][Mo](=[O])(=[O])[O][Mo](=[O])(=[O])[OH]. The summed E-state index contributed by atoms with van der Waals surface area (Å²) in [6.45, 7) is 0. The molecule has 0 aliphatic carbocycles. The Labute approximate surface area is 81.6 Å². The molecule has 0 fully saturated rings. The van der Waals surface area contributed by atoms with E-state index in [2.05, 4.69) is 4.09 Å². The average Bonchev–Trinajstić information content (AvgIpc) is 1.43. The molecule has 13 heavy (non-hydrogen) atoms. The minimum atomic E-state index is -6.59. The third-order valence-corrected chi connectivity index (χ3v) is 11.9. The van der Waals surface area contributed by atoms with Gasteiger partial charge in [0.1, 0.15) is 0 Å². The molecule has 0 aliphatic rings. The molecule has 0 saturated carbocycles. The summed E-state index contributed by atoms with van der Waals surface area (Å²) in [7, 11) is 0. The minimum absolute atomic E-state index is 2.98. The van der Waals surface area contributed by atoms with Crippen molar-refractivity contribution in [1.82, 2.24) is 0 Å². The summed E-state index contributed by atoms with van der Waals surface area (Å²) in [5.41, 5.74) is 0. The van der Waals surface area contributed by atoms with E-state index in [4.69, 9.17) is 7.52 Å². The Balaban J connectivity index is 4.86. The van der Waals surface area contributed by atoms with Crippen LogP contribution in [0.2, 0.25) is 0 Å². The Kier molecular flexibility index (Phi) is 4.28. The fraction of sp³-hybridized carbons (Fsp3) is 0. The molecule has 0 aromatic rings. The number of hydrogen-bond donors (Lipinski definition) is 2. The molecule has 0 rings (SSSR count). The van der Waals surface area contributed by atoms with Crippen LogP contribution in [0.5, 0.6) is 0 Å². The monoisotopic (exact) mass is 456 g/mol. The van der Waals surface area contributed by atoms with Crippen LogP contribution >= 0.6 is 0 Å². The molecule has 0 saturated heterocycles. The van der Waals surface area contributed by atoms with E-state index in [-0.39, 0.29) is 0 Å². The van der Waals surface area contributed by atoms with E-state index in [9.17, 15) is 20.4 Å². The molecular formula is H2Mo3O10. The van der Waals surface area contributed by atoms with E-state index in [0.29, 0.717) is 0 Å². The van der Waals surface area contributed by atoms with Gasteiger partial charge in [-0.25, -0.2) is 0 Å². The summed E-state index contributed by atoms with van der Waals surface area (Å²) in [5, 5.41) is 0. The second kappa shape index (κ2) is 4.06. The molecule has 0 spiro atoms. The van der Waals surface area contributed by atoms with E-state index in [1.54, 1.807) is 0 Å². The third-order valence-electron chi connectivity index (χ3n) is 0.339. The van der Waals surface area contributed by atoms with Crippen LogP contribution in [0.15, 0.2) is 0 Å². The molecule has 0 amide bonds. The maximum atomic E-state index is 10.3. The molecule has 10 nitrogen and oxygen atoms in total. The predicted octanol–water partition coefficient (Wildman–Crippen LogP) is -1.97.